The standard InChI is InChI=1S/C29H29FN6O3/c1-19-16-21(8-9-25(19)39-22-10-13-35(2)14-11-22)33-29-32-17-23-26(34-29)20(6-5-15-38-3)18-36(28(23)37)27-24(30)7-4-12-31-27/h4,7-9,12,16-18,22H,10-11,13-15H2,1-3H3,(H,32,33,34). The topological polar surface area (TPSA) is 94.4 Å². The number of likely N-dealkylation sites (tertiary alicyclic amines) is 1. The second kappa shape index (κ2) is 11.6. The van der Waals surface area contributed by atoms with Gasteiger partial charge in [0, 0.05) is 44.5 Å². The van der Waals surface area contributed by atoms with Crippen molar-refractivity contribution in [2.75, 3.05) is 39.2 Å². The highest BCUT2D eigenvalue weighted by Crippen LogP contribution is 2.27. The van der Waals surface area contributed by atoms with Crippen LogP contribution in [0.4, 0.5) is 16.0 Å². The van der Waals surface area contributed by atoms with Crippen LogP contribution in [0.15, 0.2) is 53.7 Å². The van der Waals surface area contributed by atoms with E-state index in [0.29, 0.717) is 17.0 Å². The van der Waals surface area contributed by atoms with Crippen molar-refractivity contribution >= 4 is 22.5 Å². The molecule has 0 aliphatic carbocycles. The summed E-state index contributed by atoms with van der Waals surface area (Å²) in [4.78, 5) is 28.5. The molecule has 0 amide bonds. The van der Waals surface area contributed by atoms with Gasteiger partial charge in [0.15, 0.2) is 11.6 Å². The number of rotatable bonds is 6. The van der Waals surface area contributed by atoms with E-state index in [1.165, 1.54) is 37.8 Å². The zero-order chi connectivity index (χ0) is 27.4. The number of nitrogens with one attached hydrogen (secondary N) is 1. The van der Waals surface area contributed by atoms with Crippen molar-refractivity contribution in [3.63, 3.8) is 0 Å². The molecule has 10 heteroatoms. The number of methoxy groups -OCH3 is 1. The molecule has 5 rings (SSSR count). The fourth-order valence-electron chi connectivity index (χ4n) is 4.46. The number of halogens is 1. The summed E-state index contributed by atoms with van der Waals surface area (Å²) in [5.41, 5.74) is 2.02. The van der Waals surface area contributed by atoms with Gasteiger partial charge >= 0.3 is 0 Å². The number of piperidine rings is 1. The Morgan fingerprint density at radius 3 is 2.77 bits per heavy atom. The summed E-state index contributed by atoms with van der Waals surface area (Å²) in [7, 11) is 3.66. The number of fused-ring (bicyclic) bond motifs is 1. The molecule has 4 heterocycles. The van der Waals surface area contributed by atoms with E-state index in [0.717, 1.165) is 47.5 Å². The number of aromatic nitrogens is 4. The fourth-order valence-corrected chi connectivity index (χ4v) is 4.46. The lowest BCUT2D eigenvalue weighted by molar-refractivity contribution is 0.113. The summed E-state index contributed by atoms with van der Waals surface area (Å²) in [5, 5.41) is 3.39. The van der Waals surface area contributed by atoms with Gasteiger partial charge in [0.2, 0.25) is 5.95 Å². The summed E-state index contributed by atoms with van der Waals surface area (Å²) in [6.07, 6.45) is 6.49. The predicted octanol–water partition coefficient (Wildman–Crippen LogP) is 3.84. The van der Waals surface area contributed by atoms with E-state index in [1.807, 2.05) is 25.1 Å². The predicted molar refractivity (Wildman–Crippen MR) is 147 cm³/mol. The second-order valence-corrected chi connectivity index (χ2v) is 9.44. The molecule has 200 valence electrons. The van der Waals surface area contributed by atoms with Gasteiger partial charge < -0.3 is 19.7 Å². The number of anilines is 2. The van der Waals surface area contributed by atoms with Gasteiger partial charge in [-0.05, 0) is 62.7 Å². The molecular formula is C29H29FN6O3. The zero-order valence-electron chi connectivity index (χ0n) is 22.1. The first-order chi connectivity index (χ1) is 18.9. The van der Waals surface area contributed by atoms with Crippen LogP contribution in [0.25, 0.3) is 16.7 Å². The van der Waals surface area contributed by atoms with Gasteiger partial charge in [-0.15, -0.1) is 0 Å². The van der Waals surface area contributed by atoms with Crippen LogP contribution in [0.3, 0.4) is 0 Å². The largest absolute Gasteiger partial charge is 0.490 e. The molecule has 1 saturated heterocycles. The van der Waals surface area contributed by atoms with Gasteiger partial charge in [0.1, 0.15) is 18.5 Å². The number of pyridine rings is 2. The minimum atomic E-state index is -0.632. The van der Waals surface area contributed by atoms with E-state index in [-0.39, 0.29) is 23.9 Å². The van der Waals surface area contributed by atoms with Crippen molar-refractivity contribution in [2.24, 2.45) is 0 Å². The van der Waals surface area contributed by atoms with Gasteiger partial charge in [0.25, 0.3) is 5.56 Å². The third-order valence-electron chi connectivity index (χ3n) is 6.55. The van der Waals surface area contributed by atoms with Crippen LogP contribution >= 0.6 is 0 Å². The number of hydrogen-bond acceptors (Lipinski definition) is 8. The van der Waals surface area contributed by atoms with Crippen LogP contribution in [0.2, 0.25) is 0 Å². The highest BCUT2D eigenvalue weighted by molar-refractivity contribution is 5.84. The Hall–Kier alpha value is -4.33. The maximum atomic E-state index is 14.5. The monoisotopic (exact) mass is 528 g/mol. The van der Waals surface area contributed by atoms with Crippen molar-refractivity contribution in [1.82, 2.24) is 24.4 Å². The maximum absolute atomic E-state index is 14.5. The molecule has 3 aromatic heterocycles. The van der Waals surface area contributed by atoms with Crippen molar-refractivity contribution in [3.8, 4) is 23.4 Å². The highest BCUT2D eigenvalue weighted by atomic mass is 19.1. The molecular weight excluding hydrogens is 499 g/mol. The molecule has 0 spiro atoms. The average Bonchev–Trinajstić information content (AvgIpc) is 2.93. The molecule has 0 radical (unpaired) electrons. The Kier molecular flexibility index (Phi) is 7.81. The van der Waals surface area contributed by atoms with E-state index in [4.69, 9.17) is 9.47 Å². The van der Waals surface area contributed by atoms with E-state index in [2.05, 4.69) is 44.1 Å². The molecule has 1 N–H and O–H groups in total. The summed E-state index contributed by atoms with van der Waals surface area (Å²) < 4.78 is 26.9. The Balaban J connectivity index is 1.46. The fraction of sp³-hybridized carbons (Fsp3) is 0.310. The Bertz CT molecular complexity index is 1620. The molecule has 0 bridgehead atoms. The molecule has 0 saturated carbocycles. The van der Waals surface area contributed by atoms with Gasteiger partial charge in [-0.1, -0.05) is 11.8 Å². The minimum absolute atomic E-state index is 0.126. The SMILES string of the molecule is COCC#Cc1cn(-c2ncccc2F)c(=O)c2cnc(Nc3ccc(OC4CCN(C)CC4)c(C)c3)nc12. The highest BCUT2D eigenvalue weighted by Gasteiger charge is 2.19. The quantitative estimate of drug-likeness (QED) is 0.378. The van der Waals surface area contributed by atoms with Crippen molar-refractivity contribution in [1.29, 1.82) is 0 Å². The van der Waals surface area contributed by atoms with E-state index in [9.17, 15) is 9.18 Å². The second-order valence-electron chi connectivity index (χ2n) is 9.44. The zero-order valence-corrected chi connectivity index (χ0v) is 22.1. The van der Waals surface area contributed by atoms with Crippen LogP contribution in [-0.2, 0) is 4.74 Å². The van der Waals surface area contributed by atoms with Gasteiger partial charge in [-0.25, -0.2) is 19.3 Å². The lowest BCUT2D eigenvalue weighted by Gasteiger charge is -2.29. The first-order valence-corrected chi connectivity index (χ1v) is 12.7. The number of nitrogens with zero attached hydrogens (tertiary/aromatic N) is 5. The van der Waals surface area contributed by atoms with Crippen LogP contribution < -0.4 is 15.6 Å². The molecule has 0 atom stereocenters. The van der Waals surface area contributed by atoms with Gasteiger partial charge in [-0.2, -0.15) is 0 Å². The molecule has 1 aromatic carbocycles. The van der Waals surface area contributed by atoms with Crippen molar-refractivity contribution in [2.45, 2.75) is 25.9 Å². The first-order valence-electron chi connectivity index (χ1n) is 12.7. The molecule has 1 aliphatic heterocycles. The van der Waals surface area contributed by atoms with E-state index < -0.39 is 11.4 Å². The van der Waals surface area contributed by atoms with Gasteiger partial charge in [0.05, 0.1) is 16.5 Å². The molecule has 1 fully saturated rings. The number of ether oxygens (including phenoxy) is 2. The van der Waals surface area contributed by atoms with Crippen LogP contribution in [0.5, 0.6) is 5.75 Å². The summed E-state index contributed by atoms with van der Waals surface area (Å²) in [6.45, 7) is 4.24. The summed E-state index contributed by atoms with van der Waals surface area (Å²) >= 11 is 0. The molecule has 1 aliphatic rings. The first kappa shape index (κ1) is 26.3. The Morgan fingerprint density at radius 2 is 2.03 bits per heavy atom. The Morgan fingerprint density at radius 1 is 1.21 bits per heavy atom. The summed E-state index contributed by atoms with van der Waals surface area (Å²) in [5.74, 6) is 6.24. The lowest BCUT2D eigenvalue weighted by atomic mass is 10.1. The van der Waals surface area contributed by atoms with E-state index >= 15 is 0 Å². The molecule has 4 aromatic rings. The number of benzene rings is 1. The van der Waals surface area contributed by atoms with Crippen molar-refractivity contribution in [3.05, 3.63) is 76.2 Å². The molecule has 39 heavy (non-hydrogen) atoms. The third kappa shape index (κ3) is 5.90. The number of hydrogen-bond donors (Lipinski definition) is 1. The average molecular weight is 529 g/mol. The molecule has 0 unspecified atom stereocenters. The van der Waals surface area contributed by atoms with E-state index in [1.54, 1.807) is 0 Å². The van der Waals surface area contributed by atoms with Crippen molar-refractivity contribution < 1.29 is 13.9 Å². The van der Waals surface area contributed by atoms with Gasteiger partial charge in [-0.3, -0.25) is 9.36 Å². The van der Waals surface area contributed by atoms with Crippen LogP contribution in [0, 0.1) is 24.6 Å². The normalized spacial score (nSPS) is 14.2. The summed E-state index contributed by atoms with van der Waals surface area (Å²) in [6, 6.07) is 8.52. The third-order valence-corrected chi connectivity index (χ3v) is 6.55. The molecule has 9 nitrogen and oxygen atoms in total. The maximum Gasteiger partial charge on any atom is 0.267 e. The Labute approximate surface area is 225 Å². The lowest BCUT2D eigenvalue weighted by Crippen LogP contribution is -2.35. The van der Waals surface area contributed by atoms with Crippen LogP contribution in [-0.4, -0.2) is 64.4 Å². The number of aryl methyl sites for hydroxylation is 1. The minimum Gasteiger partial charge on any atom is -0.490 e. The smallest absolute Gasteiger partial charge is 0.267 e. The van der Waals surface area contributed by atoms with Crippen LogP contribution in [0.1, 0.15) is 24.0 Å².